The van der Waals surface area contributed by atoms with Gasteiger partial charge in [-0.15, -0.1) is 0 Å². The quantitative estimate of drug-likeness (QED) is 0.423. The summed E-state index contributed by atoms with van der Waals surface area (Å²) in [6, 6.07) is 11.5. The summed E-state index contributed by atoms with van der Waals surface area (Å²) in [7, 11) is 0.0608. The van der Waals surface area contributed by atoms with Gasteiger partial charge < -0.3 is 20.7 Å². The van der Waals surface area contributed by atoms with Crippen molar-refractivity contribution < 1.29 is 27.3 Å². The Morgan fingerprint density at radius 1 is 1.13 bits per heavy atom. The highest BCUT2D eigenvalue weighted by molar-refractivity contribution is 7.93. The average Bonchev–Trinajstić information content (AvgIpc) is 3.06. The number of halogens is 2. The molecule has 1 aliphatic heterocycles. The highest BCUT2D eigenvalue weighted by Crippen LogP contribution is 2.35. The van der Waals surface area contributed by atoms with Gasteiger partial charge in [-0.2, -0.15) is 0 Å². The Hall–Kier alpha value is -2.99. The Morgan fingerprint density at radius 3 is 2.32 bits per heavy atom. The first-order valence-corrected chi connectivity index (χ1v) is 13.2. The van der Waals surface area contributed by atoms with Crippen molar-refractivity contribution in [3.63, 3.8) is 0 Å². The number of nitrogens with one attached hydrogen (secondary N) is 2. The topological polar surface area (TPSA) is 114 Å². The average molecular weight is 549 g/mol. The van der Waals surface area contributed by atoms with Gasteiger partial charge in [0.15, 0.2) is 0 Å². The largest absolute Gasteiger partial charge is 0.374 e. The van der Waals surface area contributed by atoms with Gasteiger partial charge >= 0.3 is 0 Å². The molecule has 0 saturated heterocycles. The lowest BCUT2D eigenvalue weighted by Crippen LogP contribution is -2.57. The number of likely N-dealkylation sites (N-methyl/N-ethyl adjacent to an activating group) is 1. The molecule has 2 atom stereocenters. The van der Waals surface area contributed by atoms with Crippen molar-refractivity contribution in [3.05, 3.63) is 76.9 Å². The van der Waals surface area contributed by atoms with E-state index in [-0.39, 0.29) is 18.7 Å². The van der Waals surface area contributed by atoms with E-state index in [4.69, 9.17) is 10.5 Å². The molecule has 0 bridgehead atoms. The zero-order valence-electron chi connectivity index (χ0n) is 22.1. The number of nitrogens with two attached hydrogens (primary N) is 1. The fraction of sp³-hybridized carbons (Fsp3) is 0.407. The minimum Gasteiger partial charge on any atom is -0.374 e. The molecule has 0 aromatic heterocycles. The van der Waals surface area contributed by atoms with E-state index >= 15 is 0 Å². The number of rotatable bonds is 10. The van der Waals surface area contributed by atoms with Crippen molar-refractivity contribution in [2.75, 3.05) is 20.2 Å². The van der Waals surface area contributed by atoms with Crippen LogP contribution in [0.5, 0.6) is 0 Å². The van der Waals surface area contributed by atoms with E-state index in [9.17, 15) is 22.6 Å². The number of carbonyl (C=O) groups is 2. The predicted molar refractivity (Wildman–Crippen MR) is 143 cm³/mol. The minimum atomic E-state index is -1.49. The molecule has 0 aliphatic carbocycles. The molecule has 8 nitrogen and oxygen atoms in total. The summed E-state index contributed by atoms with van der Waals surface area (Å²) in [5.41, 5.74) is 5.17. The molecule has 2 aromatic rings. The molecule has 2 aromatic carbocycles. The van der Waals surface area contributed by atoms with Crippen LogP contribution < -0.4 is 15.8 Å². The van der Waals surface area contributed by atoms with E-state index in [1.165, 1.54) is 24.8 Å². The molecule has 0 saturated carbocycles. The third kappa shape index (κ3) is 6.90. The smallest absolute Gasteiger partial charge is 0.247 e. The van der Waals surface area contributed by atoms with E-state index in [1.54, 1.807) is 7.05 Å². The summed E-state index contributed by atoms with van der Waals surface area (Å²) in [6.07, 6.45) is 0. The maximum atomic E-state index is 14.0. The van der Waals surface area contributed by atoms with Crippen LogP contribution in [0.15, 0.2) is 54.1 Å². The van der Waals surface area contributed by atoms with Crippen molar-refractivity contribution in [3.8, 4) is 0 Å². The maximum absolute atomic E-state index is 14.0. The maximum Gasteiger partial charge on any atom is 0.247 e. The van der Waals surface area contributed by atoms with Crippen LogP contribution in [-0.2, 0) is 31.9 Å². The summed E-state index contributed by atoms with van der Waals surface area (Å²) in [5, 5.41) is 2.59. The van der Waals surface area contributed by atoms with Crippen molar-refractivity contribution in [2.45, 2.75) is 51.4 Å². The van der Waals surface area contributed by atoms with E-state index < -0.39 is 58.2 Å². The lowest BCUT2D eigenvalue weighted by molar-refractivity contribution is -0.138. The Labute approximate surface area is 224 Å². The number of carbonyl (C=O) groups excluding carboxylic acids is 2. The molecule has 4 N–H and O–H groups in total. The molecule has 1 aliphatic rings. The van der Waals surface area contributed by atoms with Gasteiger partial charge in [-0.05, 0) is 51.0 Å². The monoisotopic (exact) mass is 548 g/mol. The van der Waals surface area contributed by atoms with Crippen LogP contribution in [0.2, 0.25) is 0 Å². The summed E-state index contributed by atoms with van der Waals surface area (Å²) in [4.78, 5) is 28.1. The Balaban J connectivity index is 1.84. The van der Waals surface area contributed by atoms with Gasteiger partial charge in [0.1, 0.15) is 28.7 Å². The molecule has 0 radical (unpaired) electrons. The number of amides is 2. The van der Waals surface area contributed by atoms with E-state index in [0.717, 1.165) is 23.3 Å². The van der Waals surface area contributed by atoms with Gasteiger partial charge in [-0.1, -0.05) is 36.4 Å². The van der Waals surface area contributed by atoms with E-state index in [0.29, 0.717) is 4.91 Å². The van der Waals surface area contributed by atoms with Gasteiger partial charge in [-0.25, -0.2) is 17.7 Å². The molecule has 38 heavy (non-hydrogen) atoms. The van der Waals surface area contributed by atoms with Gasteiger partial charge in [0, 0.05) is 24.7 Å². The minimum absolute atomic E-state index is 0.106. The van der Waals surface area contributed by atoms with Crippen molar-refractivity contribution >= 4 is 27.7 Å². The lowest BCUT2D eigenvalue weighted by Gasteiger charge is -2.30. The van der Waals surface area contributed by atoms with Crippen LogP contribution in [-0.4, -0.2) is 58.2 Å². The number of nitrogens with zero attached hydrogens (tertiary/aromatic N) is 1. The normalized spacial score (nSPS) is 17.8. The Morgan fingerprint density at radius 2 is 1.74 bits per heavy atom. The molecule has 206 valence electrons. The number of hydrogen-bond donors (Lipinski definition) is 3. The number of hydrogen-bond acceptors (Lipinski definition) is 5. The molecule has 0 spiro atoms. The summed E-state index contributed by atoms with van der Waals surface area (Å²) in [6.45, 7) is 6.04. The zero-order chi connectivity index (χ0) is 28.3. The second-order valence-electron chi connectivity index (χ2n) is 10.3. The molecular weight excluding hydrogens is 514 g/mol. The number of ether oxygens (including phenoxy) is 1. The van der Waals surface area contributed by atoms with Gasteiger partial charge in [0.05, 0.1) is 23.7 Å². The highest BCUT2D eigenvalue weighted by atomic mass is 32.2. The molecule has 3 rings (SSSR count). The molecular formula is C27H34F2N4O4S. The van der Waals surface area contributed by atoms with Crippen LogP contribution >= 0.6 is 0 Å². The molecule has 2 amide bonds. The standard InChI is InChI=1S/C27H34F2N4O4S/c1-26(2,30)25(35)31-22(16-37-15-18-20(28)12-9-13-21(18)29)24(34)33(5)14-19-23(17-10-7-6-8-11-17)38(36)32-27(19,3)4/h6-13,22,32H,14-16,30H2,1-5H3,(H,31,35). The van der Waals surface area contributed by atoms with Gasteiger partial charge in [-0.3, -0.25) is 9.59 Å². The predicted octanol–water partition coefficient (Wildman–Crippen LogP) is 2.62. The third-order valence-electron chi connectivity index (χ3n) is 6.15. The first kappa shape index (κ1) is 29.6. The summed E-state index contributed by atoms with van der Waals surface area (Å²) < 4.78 is 49.5. The van der Waals surface area contributed by atoms with Crippen LogP contribution in [0.1, 0.15) is 38.8 Å². The first-order valence-electron chi connectivity index (χ1n) is 12.1. The van der Waals surface area contributed by atoms with E-state index in [1.807, 2.05) is 44.2 Å². The molecule has 2 unspecified atom stereocenters. The van der Waals surface area contributed by atoms with Crippen molar-refractivity contribution in [2.24, 2.45) is 5.73 Å². The van der Waals surface area contributed by atoms with Crippen LogP contribution in [0, 0.1) is 11.6 Å². The Bertz CT molecular complexity index is 1230. The fourth-order valence-electron chi connectivity index (χ4n) is 3.93. The number of benzene rings is 2. The molecule has 11 heteroatoms. The van der Waals surface area contributed by atoms with Crippen LogP contribution in [0.4, 0.5) is 8.78 Å². The second kappa shape index (κ2) is 11.8. The summed E-state index contributed by atoms with van der Waals surface area (Å²) in [5.74, 6) is -2.66. The molecule has 1 heterocycles. The third-order valence-corrected chi connectivity index (χ3v) is 7.70. The van der Waals surface area contributed by atoms with Crippen molar-refractivity contribution in [1.82, 2.24) is 14.9 Å². The highest BCUT2D eigenvalue weighted by Gasteiger charge is 2.39. The second-order valence-corrected chi connectivity index (χ2v) is 11.5. The molecule has 0 fully saturated rings. The van der Waals surface area contributed by atoms with Crippen molar-refractivity contribution in [1.29, 1.82) is 0 Å². The summed E-state index contributed by atoms with van der Waals surface area (Å²) >= 11 is 0. The van der Waals surface area contributed by atoms with Crippen LogP contribution in [0.3, 0.4) is 0 Å². The lowest BCUT2D eigenvalue weighted by atomic mass is 9.92. The first-order chi connectivity index (χ1) is 17.7. The SMILES string of the molecule is CN(CC1=C(c2ccccc2)S(=O)NC1(C)C)C(=O)C(COCc1c(F)cccc1F)NC(=O)C(C)(C)N. The fourth-order valence-corrected chi connectivity index (χ4v) is 5.51. The van der Waals surface area contributed by atoms with E-state index in [2.05, 4.69) is 10.0 Å². The Kier molecular flexibility index (Phi) is 9.19. The van der Waals surface area contributed by atoms with Gasteiger partial charge in [0.25, 0.3) is 0 Å². The van der Waals surface area contributed by atoms with Crippen LogP contribution in [0.25, 0.3) is 4.91 Å². The zero-order valence-corrected chi connectivity index (χ0v) is 23.0. The van der Waals surface area contributed by atoms with Gasteiger partial charge in [0.2, 0.25) is 11.8 Å².